The fourth-order valence-electron chi connectivity index (χ4n) is 3.06. The molecule has 0 radical (unpaired) electrons. The van der Waals surface area contributed by atoms with Gasteiger partial charge >= 0.3 is 6.03 Å². The number of nitrogens with two attached hydrogens (primary N) is 1. The van der Waals surface area contributed by atoms with E-state index in [0.29, 0.717) is 26.2 Å². The van der Waals surface area contributed by atoms with Gasteiger partial charge in [0.25, 0.3) is 0 Å². The minimum Gasteiger partial charge on any atom is -0.340 e. The quantitative estimate of drug-likeness (QED) is 0.733. The van der Waals surface area contributed by atoms with Crippen LogP contribution in [0.2, 0.25) is 0 Å². The molecule has 1 aliphatic rings. The summed E-state index contributed by atoms with van der Waals surface area (Å²) < 4.78 is 0. The van der Waals surface area contributed by atoms with E-state index >= 15 is 0 Å². The zero-order valence-electron chi connectivity index (χ0n) is 15.4. The smallest absolute Gasteiger partial charge is 0.315 e. The fourth-order valence-corrected chi connectivity index (χ4v) is 3.06. The van der Waals surface area contributed by atoms with Crippen LogP contribution in [0.25, 0.3) is 0 Å². The lowest BCUT2D eigenvalue weighted by Crippen LogP contribution is -2.53. The first-order valence-corrected chi connectivity index (χ1v) is 8.92. The van der Waals surface area contributed by atoms with Crippen LogP contribution in [-0.2, 0) is 11.3 Å². The highest BCUT2D eigenvalue weighted by Crippen LogP contribution is 2.29. The molecule has 2 unspecified atom stereocenters. The van der Waals surface area contributed by atoms with Gasteiger partial charge in [0.1, 0.15) is 6.04 Å². The van der Waals surface area contributed by atoms with Gasteiger partial charge in [0.15, 0.2) is 0 Å². The maximum atomic E-state index is 12.8. The third-order valence-corrected chi connectivity index (χ3v) is 4.88. The summed E-state index contributed by atoms with van der Waals surface area (Å²) in [5.74, 6) is -0.0123. The lowest BCUT2D eigenvalue weighted by Gasteiger charge is -2.28. The fraction of sp³-hybridized carbons (Fsp3) is 0.579. The Morgan fingerprint density at radius 2 is 1.96 bits per heavy atom. The van der Waals surface area contributed by atoms with Gasteiger partial charge in [0.05, 0.1) is 0 Å². The van der Waals surface area contributed by atoms with Crippen molar-refractivity contribution in [1.82, 2.24) is 15.5 Å². The first-order valence-electron chi connectivity index (χ1n) is 8.92. The number of benzene rings is 1. The van der Waals surface area contributed by atoms with Crippen LogP contribution in [0.1, 0.15) is 32.8 Å². The van der Waals surface area contributed by atoms with Crippen LogP contribution in [-0.4, -0.2) is 42.5 Å². The SMILES string of the molecule is CC(C)C(NC(=O)NCc1ccccc1)C(=O)N1CCC(C)(CN)C1. The van der Waals surface area contributed by atoms with Crippen molar-refractivity contribution < 1.29 is 9.59 Å². The molecule has 0 aromatic heterocycles. The summed E-state index contributed by atoms with van der Waals surface area (Å²) in [6, 6.07) is 8.83. The number of hydrogen-bond donors (Lipinski definition) is 3. The van der Waals surface area contributed by atoms with E-state index in [-0.39, 0.29) is 23.3 Å². The molecule has 1 aromatic rings. The van der Waals surface area contributed by atoms with E-state index in [0.717, 1.165) is 12.0 Å². The van der Waals surface area contributed by atoms with E-state index in [1.54, 1.807) is 0 Å². The van der Waals surface area contributed by atoms with Crippen LogP contribution < -0.4 is 16.4 Å². The number of nitrogens with zero attached hydrogens (tertiary/aromatic N) is 1. The molecule has 6 nitrogen and oxygen atoms in total. The van der Waals surface area contributed by atoms with Crippen molar-refractivity contribution in [2.75, 3.05) is 19.6 Å². The maximum Gasteiger partial charge on any atom is 0.315 e. The first kappa shape index (κ1) is 19.2. The van der Waals surface area contributed by atoms with Crippen LogP contribution >= 0.6 is 0 Å². The highest BCUT2D eigenvalue weighted by molar-refractivity contribution is 5.87. The van der Waals surface area contributed by atoms with Gasteiger partial charge in [0, 0.05) is 19.6 Å². The maximum absolute atomic E-state index is 12.8. The third kappa shape index (κ3) is 5.19. The highest BCUT2D eigenvalue weighted by atomic mass is 16.2. The number of carbonyl (C=O) groups excluding carboxylic acids is 2. The van der Waals surface area contributed by atoms with E-state index in [1.165, 1.54) is 0 Å². The summed E-state index contributed by atoms with van der Waals surface area (Å²) in [7, 11) is 0. The molecule has 138 valence electrons. The van der Waals surface area contributed by atoms with E-state index in [9.17, 15) is 9.59 Å². The van der Waals surface area contributed by atoms with Crippen LogP contribution in [0.5, 0.6) is 0 Å². The molecule has 1 heterocycles. The molecule has 1 saturated heterocycles. The molecule has 2 rings (SSSR count). The molecule has 25 heavy (non-hydrogen) atoms. The van der Waals surface area contributed by atoms with Gasteiger partial charge < -0.3 is 21.3 Å². The molecule has 2 atom stereocenters. The Morgan fingerprint density at radius 3 is 2.52 bits per heavy atom. The van der Waals surface area contributed by atoms with E-state index in [1.807, 2.05) is 49.1 Å². The van der Waals surface area contributed by atoms with Crippen molar-refractivity contribution in [3.8, 4) is 0 Å². The first-order chi connectivity index (χ1) is 11.8. The topological polar surface area (TPSA) is 87.5 Å². The predicted molar refractivity (Wildman–Crippen MR) is 98.8 cm³/mol. The molecule has 0 saturated carbocycles. The Morgan fingerprint density at radius 1 is 1.28 bits per heavy atom. The number of urea groups is 1. The molecule has 3 amide bonds. The summed E-state index contributed by atoms with van der Waals surface area (Å²) in [6.07, 6.45) is 0.903. The molecule has 0 aliphatic carbocycles. The van der Waals surface area contributed by atoms with Crippen LogP contribution in [0.15, 0.2) is 30.3 Å². The van der Waals surface area contributed by atoms with Crippen LogP contribution in [0, 0.1) is 11.3 Å². The van der Waals surface area contributed by atoms with Gasteiger partial charge in [-0.25, -0.2) is 4.79 Å². The van der Waals surface area contributed by atoms with Crippen molar-refractivity contribution >= 4 is 11.9 Å². The molecule has 1 aliphatic heterocycles. The summed E-state index contributed by atoms with van der Waals surface area (Å²) in [6.45, 7) is 8.33. The normalized spacial score (nSPS) is 21.2. The zero-order chi connectivity index (χ0) is 18.4. The van der Waals surface area contributed by atoms with E-state index in [2.05, 4.69) is 17.6 Å². The number of amides is 3. The summed E-state index contributed by atoms with van der Waals surface area (Å²) >= 11 is 0. The lowest BCUT2D eigenvalue weighted by atomic mass is 9.90. The molecule has 1 fully saturated rings. The predicted octanol–water partition coefficient (Wildman–Crippen LogP) is 1.71. The summed E-state index contributed by atoms with van der Waals surface area (Å²) in [4.78, 5) is 26.9. The van der Waals surface area contributed by atoms with Gasteiger partial charge in [0.2, 0.25) is 5.91 Å². The largest absolute Gasteiger partial charge is 0.340 e. The monoisotopic (exact) mass is 346 g/mol. The third-order valence-electron chi connectivity index (χ3n) is 4.88. The minimum atomic E-state index is -0.532. The Bertz CT molecular complexity index is 590. The summed E-state index contributed by atoms with van der Waals surface area (Å²) in [5.41, 5.74) is 6.82. The second-order valence-electron chi connectivity index (χ2n) is 7.56. The lowest BCUT2D eigenvalue weighted by molar-refractivity contribution is -0.133. The highest BCUT2D eigenvalue weighted by Gasteiger charge is 2.38. The van der Waals surface area contributed by atoms with Gasteiger partial charge in [-0.15, -0.1) is 0 Å². The number of hydrogen-bond acceptors (Lipinski definition) is 3. The molecular weight excluding hydrogens is 316 g/mol. The molecule has 6 heteroatoms. The molecular formula is C19H30N4O2. The second kappa shape index (κ2) is 8.34. The van der Waals surface area contributed by atoms with Crippen LogP contribution in [0.4, 0.5) is 4.79 Å². The van der Waals surface area contributed by atoms with Gasteiger partial charge in [-0.1, -0.05) is 51.1 Å². The van der Waals surface area contributed by atoms with Gasteiger partial charge in [-0.3, -0.25) is 4.79 Å². The Hall–Kier alpha value is -2.08. The Balaban J connectivity index is 1.91. The second-order valence-corrected chi connectivity index (χ2v) is 7.56. The Kier molecular flexibility index (Phi) is 6.42. The summed E-state index contributed by atoms with van der Waals surface area (Å²) in [5, 5.41) is 5.65. The van der Waals surface area contributed by atoms with Crippen molar-refractivity contribution in [3.05, 3.63) is 35.9 Å². The molecule has 1 aromatic carbocycles. The average Bonchev–Trinajstić information content (AvgIpc) is 3.01. The zero-order valence-corrected chi connectivity index (χ0v) is 15.4. The van der Waals surface area contributed by atoms with Gasteiger partial charge in [-0.2, -0.15) is 0 Å². The number of nitrogens with one attached hydrogen (secondary N) is 2. The Labute approximate surface area is 150 Å². The van der Waals surface area contributed by atoms with Crippen molar-refractivity contribution in [1.29, 1.82) is 0 Å². The van der Waals surface area contributed by atoms with Gasteiger partial charge in [-0.05, 0) is 29.9 Å². The van der Waals surface area contributed by atoms with Crippen molar-refractivity contribution in [2.24, 2.45) is 17.1 Å². The molecule has 0 spiro atoms. The van der Waals surface area contributed by atoms with Crippen molar-refractivity contribution in [2.45, 2.75) is 39.8 Å². The van der Waals surface area contributed by atoms with Crippen LogP contribution in [0.3, 0.4) is 0 Å². The number of carbonyl (C=O) groups is 2. The minimum absolute atomic E-state index is 0.0136. The van der Waals surface area contributed by atoms with E-state index in [4.69, 9.17) is 5.73 Å². The number of likely N-dealkylation sites (tertiary alicyclic amines) is 1. The standard InChI is InChI=1S/C19H30N4O2/c1-14(2)16(17(24)23-10-9-19(3,12-20)13-23)22-18(25)21-11-15-7-5-4-6-8-15/h4-8,14,16H,9-13,20H2,1-3H3,(H2,21,22,25). The van der Waals surface area contributed by atoms with Crippen molar-refractivity contribution in [3.63, 3.8) is 0 Å². The average molecular weight is 346 g/mol. The molecule has 0 bridgehead atoms. The number of rotatable bonds is 6. The molecule has 4 N–H and O–H groups in total. The van der Waals surface area contributed by atoms with E-state index < -0.39 is 6.04 Å².